The normalized spacial score (nSPS) is 18.6. The smallest absolute Gasteiger partial charge is 0.243 e. The van der Waals surface area contributed by atoms with Crippen molar-refractivity contribution in [1.29, 1.82) is 0 Å². The molecular weight excluding hydrogens is 238 g/mol. The van der Waals surface area contributed by atoms with Gasteiger partial charge in [-0.2, -0.15) is 4.98 Å². The highest BCUT2D eigenvalue weighted by molar-refractivity contribution is 5.44. The molecule has 1 aliphatic rings. The number of nitrogens with one attached hydrogen (secondary N) is 2. The molecule has 102 valence electrons. The average Bonchev–Trinajstić information content (AvgIpc) is 2.79. The molecule has 0 aromatic carbocycles. The summed E-state index contributed by atoms with van der Waals surface area (Å²) >= 11 is 0. The molecule has 5 nitrogen and oxygen atoms in total. The summed E-state index contributed by atoms with van der Waals surface area (Å²) in [5.74, 6) is 0.727. The van der Waals surface area contributed by atoms with Gasteiger partial charge in [0.1, 0.15) is 0 Å². The van der Waals surface area contributed by atoms with Crippen molar-refractivity contribution < 1.29 is 0 Å². The van der Waals surface area contributed by atoms with Crippen LogP contribution in [0.3, 0.4) is 0 Å². The van der Waals surface area contributed by atoms with Crippen molar-refractivity contribution in [3.8, 4) is 0 Å². The summed E-state index contributed by atoms with van der Waals surface area (Å²) in [6.07, 6.45) is 4.40. The van der Waals surface area contributed by atoms with Crippen LogP contribution in [-0.4, -0.2) is 34.2 Å². The largest absolute Gasteiger partial charge is 0.352 e. The fraction of sp³-hybridized carbons (Fsp3) is 0.571. The van der Waals surface area contributed by atoms with Crippen molar-refractivity contribution in [3.05, 3.63) is 23.9 Å². The SMILES string of the molecule is Cc1ccc2nc(NCC3(C)CCNCC3)nn2c1. The fourth-order valence-electron chi connectivity index (χ4n) is 2.56. The molecule has 5 heteroatoms. The highest BCUT2D eigenvalue weighted by Gasteiger charge is 2.26. The number of aromatic nitrogens is 3. The average molecular weight is 259 g/mol. The second-order valence-electron chi connectivity index (χ2n) is 5.86. The summed E-state index contributed by atoms with van der Waals surface area (Å²) in [4.78, 5) is 4.49. The molecule has 0 bridgehead atoms. The first-order chi connectivity index (χ1) is 9.15. The van der Waals surface area contributed by atoms with Crippen LogP contribution in [0.1, 0.15) is 25.3 Å². The molecule has 0 aliphatic carbocycles. The third-order valence-electron chi connectivity index (χ3n) is 3.96. The van der Waals surface area contributed by atoms with Crippen LogP contribution in [0.15, 0.2) is 18.3 Å². The van der Waals surface area contributed by atoms with E-state index in [1.54, 1.807) is 0 Å². The molecule has 1 saturated heterocycles. The van der Waals surface area contributed by atoms with Gasteiger partial charge in [-0.25, -0.2) is 4.52 Å². The Bertz CT molecular complexity index is 568. The third-order valence-corrected chi connectivity index (χ3v) is 3.96. The lowest BCUT2D eigenvalue weighted by Crippen LogP contribution is -2.39. The van der Waals surface area contributed by atoms with E-state index in [1.165, 1.54) is 18.4 Å². The van der Waals surface area contributed by atoms with Crippen molar-refractivity contribution in [2.24, 2.45) is 5.41 Å². The summed E-state index contributed by atoms with van der Waals surface area (Å²) in [6.45, 7) is 7.54. The molecule has 0 amide bonds. The predicted molar refractivity (Wildman–Crippen MR) is 76.4 cm³/mol. The molecule has 2 N–H and O–H groups in total. The van der Waals surface area contributed by atoms with Crippen molar-refractivity contribution in [2.45, 2.75) is 26.7 Å². The van der Waals surface area contributed by atoms with Gasteiger partial charge in [0.25, 0.3) is 0 Å². The van der Waals surface area contributed by atoms with Gasteiger partial charge >= 0.3 is 0 Å². The lowest BCUT2D eigenvalue weighted by molar-refractivity contribution is 0.247. The van der Waals surface area contributed by atoms with Crippen molar-refractivity contribution in [2.75, 3.05) is 25.0 Å². The van der Waals surface area contributed by atoms with Gasteiger partial charge in [-0.15, -0.1) is 5.10 Å². The van der Waals surface area contributed by atoms with E-state index < -0.39 is 0 Å². The summed E-state index contributed by atoms with van der Waals surface area (Å²) in [6, 6.07) is 4.06. The zero-order valence-corrected chi connectivity index (χ0v) is 11.6. The summed E-state index contributed by atoms with van der Waals surface area (Å²) in [7, 11) is 0. The molecule has 19 heavy (non-hydrogen) atoms. The zero-order chi connectivity index (χ0) is 13.3. The number of hydrogen-bond donors (Lipinski definition) is 2. The van der Waals surface area contributed by atoms with Crippen LogP contribution in [-0.2, 0) is 0 Å². The number of rotatable bonds is 3. The minimum Gasteiger partial charge on any atom is -0.352 e. The molecule has 2 aromatic heterocycles. The number of anilines is 1. The molecule has 2 aromatic rings. The van der Waals surface area contributed by atoms with E-state index in [0.29, 0.717) is 5.41 Å². The molecule has 1 aliphatic heterocycles. The maximum absolute atomic E-state index is 4.49. The van der Waals surface area contributed by atoms with Gasteiger partial charge in [0, 0.05) is 12.7 Å². The minimum atomic E-state index is 0.346. The molecule has 0 unspecified atom stereocenters. The number of fused-ring (bicyclic) bond motifs is 1. The lowest BCUT2D eigenvalue weighted by Gasteiger charge is -2.33. The first kappa shape index (κ1) is 12.4. The van der Waals surface area contributed by atoms with Crippen molar-refractivity contribution in [3.63, 3.8) is 0 Å². The number of aryl methyl sites for hydroxylation is 1. The van der Waals surface area contributed by atoms with E-state index in [-0.39, 0.29) is 0 Å². The van der Waals surface area contributed by atoms with Gasteiger partial charge < -0.3 is 10.6 Å². The predicted octanol–water partition coefficient (Wildman–Crippen LogP) is 1.84. The van der Waals surface area contributed by atoms with E-state index in [9.17, 15) is 0 Å². The highest BCUT2D eigenvalue weighted by atomic mass is 15.3. The molecule has 0 saturated carbocycles. The zero-order valence-electron chi connectivity index (χ0n) is 11.6. The molecule has 0 atom stereocenters. The molecule has 3 heterocycles. The van der Waals surface area contributed by atoms with Gasteiger partial charge in [-0.1, -0.05) is 13.0 Å². The third kappa shape index (κ3) is 2.71. The van der Waals surface area contributed by atoms with Crippen LogP contribution in [0.2, 0.25) is 0 Å². The summed E-state index contributed by atoms with van der Waals surface area (Å²) in [5, 5.41) is 11.3. The quantitative estimate of drug-likeness (QED) is 0.883. The molecule has 1 fully saturated rings. The van der Waals surface area contributed by atoms with Gasteiger partial charge in [0.15, 0.2) is 5.65 Å². The van der Waals surface area contributed by atoms with Crippen LogP contribution in [0, 0.1) is 12.3 Å². The fourth-order valence-corrected chi connectivity index (χ4v) is 2.56. The Morgan fingerprint density at radius 2 is 2.16 bits per heavy atom. The van der Waals surface area contributed by atoms with Crippen LogP contribution in [0.25, 0.3) is 5.65 Å². The Morgan fingerprint density at radius 3 is 2.95 bits per heavy atom. The van der Waals surface area contributed by atoms with Crippen molar-refractivity contribution >= 4 is 11.6 Å². The number of hydrogen-bond acceptors (Lipinski definition) is 4. The molecule has 3 rings (SSSR count). The monoisotopic (exact) mass is 259 g/mol. The molecule has 0 radical (unpaired) electrons. The van der Waals surface area contributed by atoms with Gasteiger partial charge in [0.05, 0.1) is 0 Å². The number of pyridine rings is 1. The minimum absolute atomic E-state index is 0.346. The molecular formula is C14H21N5. The summed E-state index contributed by atoms with van der Waals surface area (Å²) < 4.78 is 1.84. The van der Waals surface area contributed by atoms with Crippen LogP contribution < -0.4 is 10.6 Å². The highest BCUT2D eigenvalue weighted by Crippen LogP contribution is 2.27. The van der Waals surface area contributed by atoms with Crippen LogP contribution >= 0.6 is 0 Å². The van der Waals surface area contributed by atoms with E-state index in [2.05, 4.69) is 40.6 Å². The van der Waals surface area contributed by atoms with E-state index >= 15 is 0 Å². The van der Waals surface area contributed by atoms with E-state index in [0.717, 1.165) is 31.2 Å². The maximum atomic E-state index is 4.49. The lowest BCUT2D eigenvalue weighted by atomic mass is 9.81. The first-order valence-electron chi connectivity index (χ1n) is 6.92. The second kappa shape index (κ2) is 4.81. The Kier molecular flexibility index (Phi) is 3.14. The Balaban J connectivity index is 1.71. The van der Waals surface area contributed by atoms with Crippen LogP contribution in [0.5, 0.6) is 0 Å². The van der Waals surface area contributed by atoms with Gasteiger partial charge in [-0.3, -0.25) is 0 Å². The second-order valence-corrected chi connectivity index (χ2v) is 5.86. The number of nitrogens with zero attached hydrogens (tertiary/aromatic N) is 3. The van der Waals surface area contributed by atoms with E-state index in [4.69, 9.17) is 0 Å². The first-order valence-corrected chi connectivity index (χ1v) is 6.92. The van der Waals surface area contributed by atoms with Crippen molar-refractivity contribution in [1.82, 2.24) is 19.9 Å². The maximum Gasteiger partial charge on any atom is 0.243 e. The van der Waals surface area contributed by atoms with Gasteiger partial charge in [0.2, 0.25) is 5.95 Å². The van der Waals surface area contributed by atoms with Gasteiger partial charge in [-0.05, 0) is 49.9 Å². The summed E-state index contributed by atoms with van der Waals surface area (Å²) in [5.41, 5.74) is 2.43. The topological polar surface area (TPSA) is 54.2 Å². The Labute approximate surface area is 113 Å². The Morgan fingerprint density at radius 1 is 1.37 bits per heavy atom. The van der Waals surface area contributed by atoms with Crippen LogP contribution in [0.4, 0.5) is 5.95 Å². The van der Waals surface area contributed by atoms with E-state index in [1.807, 2.05) is 16.8 Å². The number of piperidine rings is 1. The Hall–Kier alpha value is -1.62. The molecule has 0 spiro atoms. The standard InChI is InChI=1S/C14H21N5/c1-11-3-4-12-17-13(18-19(12)9-11)16-10-14(2)5-7-15-8-6-14/h3-4,9,15H,5-8,10H2,1-2H3,(H,16,18).